The predicted octanol–water partition coefficient (Wildman–Crippen LogP) is 3.87. The third-order valence-electron chi connectivity index (χ3n) is 5.18. The topological polar surface area (TPSA) is 37.4 Å². The Morgan fingerprint density at radius 3 is 1.88 bits per heavy atom. The summed E-state index contributed by atoms with van der Waals surface area (Å²) in [6, 6.07) is 16.8. The van der Waals surface area contributed by atoms with Gasteiger partial charge in [-0.15, -0.1) is 0 Å². The molecule has 2 aromatic rings. The number of carbonyl (C=O) groups excluding carboxylic acids is 2. The van der Waals surface area contributed by atoms with Gasteiger partial charge in [-0.05, 0) is 25.0 Å². The first-order valence-corrected chi connectivity index (χ1v) is 8.87. The number of rotatable bonds is 3. The van der Waals surface area contributed by atoms with Crippen LogP contribution in [0, 0.1) is 19.8 Å². The van der Waals surface area contributed by atoms with Gasteiger partial charge >= 0.3 is 0 Å². The summed E-state index contributed by atoms with van der Waals surface area (Å²) in [4.78, 5) is 26.4. The standard InChI is InChI=1S/C22H25NO2/c1-15-4-8-18(9-5-15)22(19-10-6-16(2)7-11-19)20-14-23(17(3)24)13-12-21(20)25/h4-11,20,22H,12-14H2,1-3H3. The molecule has 1 heterocycles. The van der Waals surface area contributed by atoms with E-state index in [9.17, 15) is 9.59 Å². The largest absolute Gasteiger partial charge is 0.342 e. The van der Waals surface area contributed by atoms with Crippen LogP contribution in [0.1, 0.15) is 41.5 Å². The number of likely N-dealkylation sites (tertiary alicyclic amines) is 1. The van der Waals surface area contributed by atoms with Crippen molar-refractivity contribution in [3.63, 3.8) is 0 Å². The van der Waals surface area contributed by atoms with E-state index < -0.39 is 0 Å². The van der Waals surface area contributed by atoms with Crippen molar-refractivity contribution in [2.24, 2.45) is 5.92 Å². The van der Waals surface area contributed by atoms with Crippen LogP contribution < -0.4 is 0 Å². The second-order valence-corrected chi connectivity index (χ2v) is 7.09. The van der Waals surface area contributed by atoms with E-state index in [4.69, 9.17) is 0 Å². The van der Waals surface area contributed by atoms with Gasteiger partial charge in [0.25, 0.3) is 0 Å². The summed E-state index contributed by atoms with van der Waals surface area (Å²) in [6.45, 7) is 6.75. The first-order chi connectivity index (χ1) is 12.0. The number of amides is 1. The summed E-state index contributed by atoms with van der Waals surface area (Å²) in [5.74, 6) is 0.0895. The Morgan fingerprint density at radius 2 is 1.44 bits per heavy atom. The van der Waals surface area contributed by atoms with Crippen LogP contribution in [-0.2, 0) is 9.59 Å². The number of Topliss-reactive ketones (excluding diaryl/α,β-unsaturated/α-hetero) is 1. The van der Waals surface area contributed by atoms with Gasteiger partial charge in [-0.2, -0.15) is 0 Å². The zero-order valence-corrected chi connectivity index (χ0v) is 15.2. The molecule has 1 aliphatic rings. The van der Waals surface area contributed by atoms with Crippen molar-refractivity contribution in [3.05, 3.63) is 70.8 Å². The second-order valence-electron chi connectivity index (χ2n) is 7.09. The molecule has 0 N–H and O–H groups in total. The third-order valence-corrected chi connectivity index (χ3v) is 5.18. The molecule has 1 saturated heterocycles. The van der Waals surface area contributed by atoms with E-state index in [1.807, 2.05) is 0 Å². The van der Waals surface area contributed by atoms with E-state index in [-0.39, 0.29) is 23.5 Å². The van der Waals surface area contributed by atoms with E-state index >= 15 is 0 Å². The van der Waals surface area contributed by atoms with E-state index in [2.05, 4.69) is 62.4 Å². The van der Waals surface area contributed by atoms with Crippen molar-refractivity contribution < 1.29 is 9.59 Å². The Bertz CT molecular complexity index is 716. The van der Waals surface area contributed by atoms with Gasteiger partial charge in [0.05, 0.1) is 0 Å². The van der Waals surface area contributed by atoms with Gasteiger partial charge in [-0.3, -0.25) is 9.59 Å². The average molecular weight is 335 g/mol. The van der Waals surface area contributed by atoms with Crippen LogP contribution in [-0.4, -0.2) is 29.7 Å². The maximum absolute atomic E-state index is 12.7. The molecule has 3 rings (SSSR count). The fourth-order valence-corrected chi connectivity index (χ4v) is 3.64. The van der Waals surface area contributed by atoms with Crippen LogP contribution in [0.15, 0.2) is 48.5 Å². The first kappa shape index (κ1) is 17.4. The number of carbonyl (C=O) groups is 2. The van der Waals surface area contributed by atoms with Crippen molar-refractivity contribution in [2.45, 2.75) is 33.1 Å². The lowest BCUT2D eigenvalue weighted by Gasteiger charge is -2.36. The predicted molar refractivity (Wildman–Crippen MR) is 99.6 cm³/mol. The van der Waals surface area contributed by atoms with Gasteiger partial charge in [-0.1, -0.05) is 59.7 Å². The third kappa shape index (κ3) is 3.81. The van der Waals surface area contributed by atoms with Crippen LogP contribution >= 0.6 is 0 Å². The van der Waals surface area contributed by atoms with Crippen LogP contribution in [0.3, 0.4) is 0 Å². The normalized spacial score (nSPS) is 17.8. The highest BCUT2D eigenvalue weighted by Crippen LogP contribution is 2.36. The maximum Gasteiger partial charge on any atom is 0.219 e. The van der Waals surface area contributed by atoms with Crippen LogP contribution in [0.25, 0.3) is 0 Å². The SMILES string of the molecule is CC(=O)N1CCC(=O)C(C(c2ccc(C)cc2)c2ccc(C)cc2)C1. The van der Waals surface area contributed by atoms with Crippen LogP contribution in [0.5, 0.6) is 0 Å². The van der Waals surface area contributed by atoms with E-state index in [1.165, 1.54) is 11.1 Å². The van der Waals surface area contributed by atoms with Gasteiger partial charge in [-0.25, -0.2) is 0 Å². The Hall–Kier alpha value is -2.42. The molecule has 0 spiro atoms. The van der Waals surface area contributed by atoms with Crippen molar-refractivity contribution in [1.29, 1.82) is 0 Å². The Labute approximate surface area is 149 Å². The molecule has 0 aliphatic carbocycles. The van der Waals surface area contributed by atoms with E-state index in [1.54, 1.807) is 11.8 Å². The molecular formula is C22H25NO2. The summed E-state index contributed by atoms with van der Waals surface area (Å²) in [7, 11) is 0. The van der Waals surface area contributed by atoms with Crippen molar-refractivity contribution in [3.8, 4) is 0 Å². The Morgan fingerprint density at radius 1 is 0.960 bits per heavy atom. The fraction of sp³-hybridized carbons (Fsp3) is 0.364. The number of hydrogen-bond donors (Lipinski definition) is 0. The average Bonchev–Trinajstić information content (AvgIpc) is 2.59. The number of aryl methyl sites for hydroxylation is 2. The van der Waals surface area contributed by atoms with Gasteiger partial charge in [0.15, 0.2) is 0 Å². The van der Waals surface area contributed by atoms with Gasteiger partial charge in [0.1, 0.15) is 5.78 Å². The molecule has 0 bridgehead atoms. The molecular weight excluding hydrogens is 310 g/mol. The number of hydrogen-bond acceptors (Lipinski definition) is 2. The fourth-order valence-electron chi connectivity index (χ4n) is 3.64. The molecule has 0 saturated carbocycles. The molecule has 0 radical (unpaired) electrons. The van der Waals surface area contributed by atoms with E-state index in [0.29, 0.717) is 19.5 Å². The number of piperidine rings is 1. The molecule has 1 amide bonds. The zero-order chi connectivity index (χ0) is 18.0. The molecule has 1 atom stereocenters. The molecule has 0 aromatic heterocycles. The molecule has 1 aliphatic heterocycles. The highest BCUT2D eigenvalue weighted by Gasteiger charge is 2.36. The number of nitrogens with zero attached hydrogens (tertiary/aromatic N) is 1. The van der Waals surface area contributed by atoms with Crippen molar-refractivity contribution in [1.82, 2.24) is 4.90 Å². The summed E-state index contributed by atoms with van der Waals surface area (Å²) >= 11 is 0. The van der Waals surface area contributed by atoms with Crippen molar-refractivity contribution >= 4 is 11.7 Å². The van der Waals surface area contributed by atoms with Gasteiger partial charge in [0.2, 0.25) is 5.91 Å². The molecule has 130 valence electrons. The summed E-state index contributed by atoms with van der Waals surface area (Å²) < 4.78 is 0. The molecule has 2 aromatic carbocycles. The monoisotopic (exact) mass is 335 g/mol. The van der Waals surface area contributed by atoms with Crippen molar-refractivity contribution in [2.75, 3.05) is 13.1 Å². The van der Waals surface area contributed by atoms with Gasteiger partial charge in [0, 0.05) is 38.3 Å². The molecule has 3 nitrogen and oxygen atoms in total. The number of benzene rings is 2. The minimum atomic E-state index is -0.192. The number of ketones is 1. The van der Waals surface area contributed by atoms with Crippen LogP contribution in [0.2, 0.25) is 0 Å². The Balaban J connectivity index is 2.03. The van der Waals surface area contributed by atoms with Gasteiger partial charge < -0.3 is 4.90 Å². The lowest BCUT2D eigenvalue weighted by atomic mass is 9.76. The van der Waals surface area contributed by atoms with Crippen LogP contribution in [0.4, 0.5) is 0 Å². The smallest absolute Gasteiger partial charge is 0.219 e. The summed E-state index contributed by atoms with van der Waals surface area (Å²) in [5.41, 5.74) is 4.68. The zero-order valence-electron chi connectivity index (χ0n) is 15.2. The highest BCUT2D eigenvalue weighted by atomic mass is 16.2. The summed E-state index contributed by atoms with van der Waals surface area (Å²) in [5, 5.41) is 0. The van der Waals surface area contributed by atoms with E-state index in [0.717, 1.165) is 11.1 Å². The quantitative estimate of drug-likeness (QED) is 0.854. The lowest BCUT2D eigenvalue weighted by Crippen LogP contribution is -2.45. The second kappa shape index (κ2) is 7.22. The molecule has 1 fully saturated rings. The Kier molecular flexibility index (Phi) is 5.03. The molecule has 3 heteroatoms. The lowest BCUT2D eigenvalue weighted by molar-refractivity contribution is -0.135. The minimum Gasteiger partial charge on any atom is -0.342 e. The first-order valence-electron chi connectivity index (χ1n) is 8.87. The highest BCUT2D eigenvalue weighted by molar-refractivity contribution is 5.86. The molecule has 25 heavy (non-hydrogen) atoms. The summed E-state index contributed by atoms with van der Waals surface area (Å²) in [6.07, 6.45) is 0.443. The minimum absolute atomic E-state index is 0.0177. The molecule has 1 unspecified atom stereocenters. The maximum atomic E-state index is 12.7.